The normalized spacial score (nSPS) is 34.5. The molecular weight excluding hydrogens is 280 g/mol. The standard InChI is InChI=1S/C17H24N2OS/c1-19(13-9-11-5-6-12(10-13)18-11)17(20)15-3-2-4-16-14(15)7-8-21-16/h7-8,11-13,15,18H,2-6,9-10H2,1H3. The molecule has 1 aliphatic carbocycles. The van der Waals surface area contributed by atoms with Gasteiger partial charge in [0.2, 0.25) is 5.91 Å². The number of fused-ring (bicyclic) bond motifs is 3. The molecule has 0 saturated carbocycles. The Morgan fingerprint density at radius 3 is 2.81 bits per heavy atom. The van der Waals surface area contributed by atoms with E-state index in [9.17, 15) is 4.79 Å². The van der Waals surface area contributed by atoms with Crippen LogP contribution in [0.15, 0.2) is 11.4 Å². The molecule has 4 rings (SSSR count). The number of hydrogen-bond acceptors (Lipinski definition) is 3. The first-order valence-electron chi connectivity index (χ1n) is 8.31. The first kappa shape index (κ1) is 13.8. The van der Waals surface area contributed by atoms with Crippen LogP contribution in [0.2, 0.25) is 0 Å². The van der Waals surface area contributed by atoms with Crippen LogP contribution in [0.25, 0.3) is 0 Å². The van der Waals surface area contributed by atoms with Crippen molar-refractivity contribution in [1.29, 1.82) is 0 Å². The highest BCUT2D eigenvalue weighted by atomic mass is 32.1. The molecule has 1 N–H and O–H groups in total. The highest BCUT2D eigenvalue weighted by Gasteiger charge is 2.38. The Morgan fingerprint density at radius 1 is 1.29 bits per heavy atom. The molecule has 1 amide bonds. The molecule has 1 aromatic heterocycles. The monoisotopic (exact) mass is 304 g/mol. The number of piperidine rings is 1. The highest BCUT2D eigenvalue weighted by molar-refractivity contribution is 7.10. The molecule has 114 valence electrons. The van der Waals surface area contributed by atoms with Crippen molar-refractivity contribution < 1.29 is 4.79 Å². The second-order valence-electron chi connectivity index (χ2n) is 6.96. The number of carbonyl (C=O) groups excluding carboxylic acids is 1. The maximum atomic E-state index is 13.0. The third kappa shape index (κ3) is 2.42. The zero-order valence-electron chi connectivity index (χ0n) is 12.7. The largest absolute Gasteiger partial charge is 0.342 e. The second-order valence-corrected chi connectivity index (χ2v) is 7.96. The summed E-state index contributed by atoms with van der Waals surface area (Å²) in [6.07, 6.45) is 8.23. The first-order valence-corrected chi connectivity index (χ1v) is 9.19. The van der Waals surface area contributed by atoms with Crippen molar-refractivity contribution in [3.63, 3.8) is 0 Å². The van der Waals surface area contributed by atoms with Crippen LogP contribution in [-0.2, 0) is 11.2 Å². The Labute approximate surface area is 130 Å². The summed E-state index contributed by atoms with van der Waals surface area (Å²) in [4.78, 5) is 16.5. The van der Waals surface area contributed by atoms with E-state index >= 15 is 0 Å². The fourth-order valence-corrected chi connectivity index (χ4v) is 5.50. The lowest BCUT2D eigenvalue weighted by molar-refractivity contribution is -0.134. The third-order valence-electron chi connectivity index (χ3n) is 5.69. The first-order chi connectivity index (χ1) is 10.2. The average Bonchev–Trinajstić information content (AvgIpc) is 3.11. The van der Waals surface area contributed by atoms with Crippen molar-refractivity contribution in [2.75, 3.05) is 7.05 Å². The van der Waals surface area contributed by atoms with Crippen molar-refractivity contribution in [3.8, 4) is 0 Å². The predicted octanol–water partition coefficient (Wildman–Crippen LogP) is 2.91. The molecule has 0 radical (unpaired) electrons. The van der Waals surface area contributed by atoms with E-state index in [0.717, 1.165) is 32.1 Å². The van der Waals surface area contributed by atoms with Crippen LogP contribution in [0.5, 0.6) is 0 Å². The average molecular weight is 304 g/mol. The van der Waals surface area contributed by atoms with Crippen molar-refractivity contribution in [2.24, 2.45) is 0 Å². The van der Waals surface area contributed by atoms with Crippen LogP contribution in [-0.4, -0.2) is 36.0 Å². The van der Waals surface area contributed by atoms with E-state index in [1.165, 1.54) is 23.3 Å². The second kappa shape index (κ2) is 5.40. The van der Waals surface area contributed by atoms with E-state index in [-0.39, 0.29) is 5.92 Å². The lowest BCUT2D eigenvalue weighted by atomic mass is 9.86. The Hall–Kier alpha value is -0.870. The van der Waals surface area contributed by atoms with Gasteiger partial charge < -0.3 is 10.2 Å². The van der Waals surface area contributed by atoms with Gasteiger partial charge in [-0.2, -0.15) is 0 Å². The summed E-state index contributed by atoms with van der Waals surface area (Å²) in [6, 6.07) is 3.92. The number of aryl methyl sites for hydroxylation is 1. The number of hydrogen-bond donors (Lipinski definition) is 1. The maximum Gasteiger partial charge on any atom is 0.230 e. The molecule has 0 spiro atoms. The third-order valence-corrected chi connectivity index (χ3v) is 6.69. The van der Waals surface area contributed by atoms with Crippen LogP contribution in [0.4, 0.5) is 0 Å². The van der Waals surface area contributed by atoms with Gasteiger partial charge in [-0.05, 0) is 62.0 Å². The van der Waals surface area contributed by atoms with E-state index in [1.807, 2.05) is 18.4 Å². The van der Waals surface area contributed by atoms with Crippen molar-refractivity contribution >= 4 is 17.2 Å². The minimum absolute atomic E-state index is 0.123. The number of nitrogens with one attached hydrogen (secondary N) is 1. The summed E-state index contributed by atoms with van der Waals surface area (Å²) in [5.41, 5.74) is 1.32. The van der Waals surface area contributed by atoms with Crippen molar-refractivity contribution in [1.82, 2.24) is 10.2 Å². The fourth-order valence-electron chi connectivity index (χ4n) is 4.51. The summed E-state index contributed by atoms with van der Waals surface area (Å²) in [6.45, 7) is 0. The van der Waals surface area contributed by atoms with Gasteiger partial charge in [0.25, 0.3) is 0 Å². The maximum absolute atomic E-state index is 13.0. The SMILES string of the molecule is CN(C(=O)C1CCCc2sccc21)C1CC2CCC(C1)N2. The van der Waals surface area contributed by atoms with Crippen molar-refractivity contribution in [2.45, 2.75) is 69.0 Å². The predicted molar refractivity (Wildman–Crippen MR) is 85.7 cm³/mol. The number of carbonyl (C=O) groups is 1. The number of thiophene rings is 1. The van der Waals surface area contributed by atoms with Gasteiger partial charge in [-0.3, -0.25) is 4.79 Å². The van der Waals surface area contributed by atoms with Crippen LogP contribution >= 0.6 is 11.3 Å². The lowest BCUT2D eigenvalue weighted by Gasteiger charge is -2.37. The number of amides is 1. The summed E-state index contributed by atoms with van der Waals surface area (Å²) in [7, 11) is 2.04. The molecule has 4 heteroatoms. The summed E-state index contributed by atoms with van der Waals surface area (Å²) >= 11 is 1.82. The summed E-state index contributed by atoms with van der Waals surface area (Å²) in [5.74, 6) is 0.484. The smallest absolute Gasteiger partial charge is 0.230 e. The highest BCUT2D eigenvalue weighted by Crippen LogP contribution is 2.37. The van der Waals surface area contributed by atoms with Gasteiger partial charge >= 0.3 is 0 Å². The van der Waals surface area contributed by atoms with E-state index in [0.29, 0.717) is 24.0 Å². The number of nitrogens with zero attached hydrogens (tertiary/aromatic N) is 1. The van der Waals surface area contributed by atoms with E-state index < -0.39 is 0 Å². The minimum atomic E-state index is 0.123. The fraction of sp³-hybridized carbons (Fsp3) is 0.706. The summed E-state index contributed by atoms with van der Waals surface area (Å²) < 4.78 is 0. The molecule has 2 aliphatic heterocycles. The van der Waals surface area contributed by atoms with Gasteiger partial charge in [-0.15, -0.1) is 11.3 Å². The molecule has 3 atom stereocenters. The van der Waals surface area contributed by atoms with E-state index in [4.69, 9.17) is 0 Å². The minimum Gasteiger partial charge on any atom is -0.342 e. The van der Waals surface area contributed by atoms with E-state index in [1.54, 1.807) is 0 Å². The van der Waals surface area contributed by atoms with Crippen LogP contribution in [0.3, 0.4) is 0 Å². The Bertz CT molecular complexity index is 529. The van der Waals surface area contributed by atoms with Gasteiger partial charge in [-0.25, -0.2) is 0 Å². The van der Waals surface area contributed by atoms with Gasteiger partial charge in [-0.1, -0.05) is 0 Å². The Kier molecular flexibility index (Phi) is 3.54. The molecule has 21 heavy (non-hydrogen) atoms. The topological polar surface area (TPSA) is 32.3 Å². The molecule has 3 nitrogen and oxygen atoms in total. The summed E-state index contributed by atoms with van der Waals surface area (Å²) in [5, 5.41) is 5.82. The lowest BCUT2D eigenvalue weighted by Crippen LogP contribution is -2.49. The van der Waals surface area contributed by atoms with Crippen LogP contribution < -0.4 is 5.32 Å². The zero-order valence-corrected chi connectivity index (χ0v) is 13.5. The van der Waals surface area contributed by atoms with Gasteiger partial charge in [0.15, 0.2) is 0 Å². The van der Waals surface area contributed by atoms with E-state index in [2.05, 4.69) is 21.7 Å². The number of rotatable bonds is 2. The van der Waals surface area contributed by atoms with Crippen molar-refractivity contribution in [3.05, 3.63) is 21.9 Å². The van der Waals surface area contributed by atoms with Crippen LogP contribution in [0, 0.1) is 0 Å². The molecular formula is C17H24N2OS. The van der Waals surface area contributed by atoms with Gasteiger partial charge in [0.1, 0.15) is 0 Å². The zero-order chi connectivity index (χ0) is 14.4. The van der Waals surface area contributed by atoms with Gasteiger partial charge in [0, 0.05) is 30.1 Å². The molecule has 2 saturated heterocycles. The Balaban J connectivity index is 1.50. The van der Waals surface area contributed by atoms with Gasteiger partial charge in [0.05, 0.1) is 5.92 Å². The molecule has 3 unspecified atom stereocenters. The molecule has 1 aromatic rings. The molecule has 0 aromatic carbocycles. The van der Waals surface area contributed by atoms with Crippen LogP contribution in [0.1, 0.15) is 54.9 Å². The quantitative estimate of drug-likeness (QED) is 0.911. The Morgan fingerprint density at radius 2 is 2.05 bits per heavy atom. The molecule has 3 aliphatic rings. The molecule has 2 fully saturated rings. The number of likely N-dealkylation sites (N-methyl/N-ethyl adjacent to an activating group) is 1. The molecule has 2 bridgehead atoms. The molecule has 3 heterocycles.